The van der Waals surface area contributed by atoms with Crippen molar-refractivity contribution >= 4 is 38.0 Å². The van der Waals surface area contributed by atoms with Crippen molar-refractivity contribution in [1.29, 1.82) is 0 Å². The zero-order chi connectivity index (χ0) is 28.3. The number of aromatic nitrogens is 2. The van der Waals surface area contributed by atoms with Gasteiger partial charge in [-0.15, -0.1) is 0 Å². The highest BCUT2D eigenvalue weighted by atomic mass is 32.1. The molecule has 2 unspecified atom stereocenters. The Bertz CT molecular complexity index is 1280. The van der Waals surface area contributed by atoms with Crippen molar-refractivity contribution in [2.45, 2.75) is 57.3 Å². The molecule has 1 aromatic carbocycles. The van der Waals surface area contributed by atoms with Gasteiger partial charge in [0, 0.05) is 6.20 Å². The fraction of sp³-hybridized carbons (Fsp3) is 0.522. The second-order valence-corrected chi connectivity index (χ2v) is 11.9. The fourth-order valence-electron chi connectivity index (χ4n) is 3.76. The molecule has 210 valence electrons. The molecule has 38 heavy (non-hydrogen) atoms. The number of aliphatic hydroxyl groups excluding tert-OH is 1. The van der Waals surface area contributed by atoms with E-state index in [0.29, 0.717) is 0 Å². The number of carbonyl (C=O) groups excluding carboxylic acids is 1. The first kappa shape index (κ1) is 30.5. The molecular weight excluding hydrogens is 565 g/mol. The van der Waals surface area contributed by atoms with E-state index >= 15 is 0 Å². The normalized spacial score (nSPS) is 25.8. The maximum absolute atomic E-state index is 14.1. The zero-order valence-corrected chi connectivity index (χ0v) is 23.3. The van der Waals surface area contributed by atoms with E-state index < -0.39 is 68.8 Å². The number of nitrogens with one attached hydrogen (secondary N) is 1. The standard InChI is InChI=1S/C23H29F2N2O8PS2/c1-13(2)33-19(29)14(3)12-36(31,35-15-7-5-4-6-8-15)32-11-16-18(28)23(30,20(24)25)21(34-16)27-10-9-17(37)26-22(27)38/h4-10,13-14,16,18,20-21,28,30H,11-12H2,1-3H3,(H,26,37,38)/t14-,16-,18+,21-,23?,36?/m1/s1. The molecule has 0 bridgehead atoms. The van der Waals surface area contributed by atoms with Gasteiger partial charge in [0.25, 0.3) is 6.43 Å². The Morgan fingerprint density at radius 2 is 1.89 bits per heavy atom. The van der Waals surface area contributed by atoms with Crippen molar-refractivity contribution in [2.75, 3.05) is 12.8 Å². The van der Waals surface area contributed by atoms with Gasteiger partial charge >= 0.3 is 13.6 Å². The van der Waals surface area contributed by atoms with Crippen LogP contribution in [0, 0.1) is 15.3 Å². The molecule has 0 amide bonds. The van der Waals surface area contributed by atoms with E-state index in [-0.39, 0.29) is 15.2 Å². The number of aromatic amines is 1. The van der Waals surface area contributed by atoms with Crippen LogP contribution in [-0.2, 0) is 23.4 Å². The van der Waals surface area contributed by atoms with E-state index in [1.54, 1.807) is 32.0 Å². The number of para-hydroxylation sites is 1. The molecule has 2 aromatic rings. The zero-order valence-electron chi connectivity index (χ0n) is 20.7. The number of esters is 1. The second-order valence-electron chi connectivity index (χ2n) is 9.06. The molecular formula is C23H29F2N2O8PS2. The van der Waals surface area contributed by atoms with Crippen LogP contribution < -0.4 is 4.52 Å². The lowest BCUT2D eigenvalue weighted by molar-refractivity contribution is -0.185. The van der Waals surface area contributed by atoms with Crippen LogP contribution in [0.3, 0.4) is 0 Å². The highest BCUT2D eigenvalue weighted by Crippen LogP contribution is 2.51. The Labute approximate surface area is 228 Å². The molecule has 1 saturated heterocycles. The number of nitrogens with zero attached hydrogens (tertiary/aromatic N) is 1. The van der Waals surface area contributed by atoms with E-state index in [0.717, 1.165) is 4.57 Å². The summed E-state index contributed by atoms with van der Waals surface area (Å²) in [6.07, 6.45) is -8.64. The van der Waals surface area contributed by atoms with E-state index in [9.17, 15) is 28.4 Å². The van der Waals surface area contributed by atoms with E-state index in [1.165, 1.54) is 31.3 Å². The Morgan fingerprint density at radius 1 is 1.24 bits per heavy atom. The number of aliphatic hydroxyl groups is 2. The summed E-state index contributed by atoms with van der Waals surface area (Å²) >= 11 is 10.1. The lowest BCUT2D eigenvalue weighted by Crippen LogP contribution is -2.52. The van der Waals surface area contributed by atoms with Gasteiger partial charge in [0.2, 0.25) is 0 Å². The van der Waals surface area contributed by atoms with Gasteiger partial charge in [0.1, 0.15) is 22.6 Å². The first-order valence-electron chi connectivity index (χ1n) is 11.6. The van der Waals surface area contributed by atoms with Crippen molar-refractivity contribution in [3.05, 3.63) is 52.0 Å². The number of rotatable bonds is 11. The van der Waals surface area contributed by atoms with Crippen LogP contribution in [-0.4, -0.2) is 68.8 Å². The summed E-state index contributed by atoms with van der Waals surface area (Å²) in [5.41, 5.74) is -3.10. The minimum absolute atomic E-state index is 0.133. The average molecular weight is 595 g/mol. The van der Waals surface area contributed by atoms with E-state index in [2.05, 4.69) is 4.98 Å². The molecule has 0 aliphatic carbocycles. The summed E-state index contributed by atoms with van der Waals surface area (Å²) in [5.74, 6) is -1.39. The Kier molecular flexibility index (Phi) is 9.96. The molecule has 0 radical (unpaired) electrons. The predicted molar refractivity (Wildman–Crippen MR) is 137 cm³/mol. The SMILES string of the molecule is CC(C)OC(=O)[C@H](C)CP(=O)(OC[C@H]1O[C@@H](n2ccc(=S)[nH]c2=S)C(O)(C(F)F)[C@H]1O)Oc1ccccc1. The third-order valence-electron chi connectivity index (χ3n) is 5.65. The topological polar surface area (TPSA) is 132 Å². The lowest BCUT2D eigenvalue weighted by atomic mass is 9.94. The lowest BCUT2D eigenvalue weighted by Gasteiger charge is -2.31. The Hall–Kier alpha value is -2.06. The number of halogens is 2. The van der Waals surface area contributed by atoms with Crippen LogP contribution in [0.2, 0.25) is 0 Å². The summed E-state index contributed by atoms with van der Waals surface area (Å²) in [4.78, 5) is 14.9. The molecule has 15 heteroatoms. The monoisotopic (exact) mass is 594 g/mol. The number of hydrogen-bond acceptors (Lipinski definition) is 10. The third kappa shape index (κ3) is 6.92. The van der Waals surface area contributed by atoms with Gasteiger partial charge in [-0.1, -0.05) is 37.3 Å². The van der Waals surface area contributed by atoms with Gasteiger partial charge in [-0.3, -0.25) is 13.9 Å². The molecule has 0 spiro atoms. The third-order valence-corrected chi connectivity index (χ3v) is 8.23. The number of hydrogen-bond donors (Lipinski definition) is 3. The van der Waals surface area contributed by atoms with Crippen LogP contribution in [0.4, 0.5) is 8.78 Å². The van der Waals surface area contributed by atoms with Crippen molar-refractivity contribution in [2.24, 2.45) is 5.92 Å². The highest BCUT2D eigenvalue weighted by Gasteiger charge is 2.62. The minimum atomic E-state index is -4.16. The summed E-state index contributed by atoms with van der Waals surface area (Å²) in [6.45, 7) is 4.07. The van der Waals surface area contributed by atoms with Gasteiger partial charge in [-0.05, 0) is 44.3 Å². The molecule has 10 nitrogen and oxygen atoms in total. The molecule has 2 heterocycles. The molecule has 6 atom stereocenters. The van der Waals surface area contributed by atoms with Gasteiger partial charge in [0.05, 0.1) is 24.8 Å². The van der Waals surface area contributed by atoms with Crippen LogP contribution in [0.1, 0.15) is 27.0 Å². The maximum Gasteiger partial charge on any atom is 0.380 e. The molecule has 0 saturated carbocycles. The Morgan fingerprint density at radius 3 is 2.47 bits per heavy atom. The van der Waals surface area contributed by atoms with Crippen LogP contribution in [0.25, 0.3) is 0 Å². The largest absolute Gasteiger partial charge is 0.463 e. The molecule has 1 aliphatic heterocycles. The number of carbonyl (C=O) groups is 1. The van der Waals surface area contributed by atoms with Crippen molar-refractivity contribution in [3.8, 4) is 5.75 Å². The number of alkyl halides is 2. The maximum atomic E-state index is 14.1. The summed E-state index contributed by atoms with van der Waals surface area (Å²) < 4.78 is 64.9. The Balaban J connectivity index is 1.86. The van der Waals surface area contributed by atoms with Gasteiger partial charge in [0.15, 0.2) is 16.6 Å². The summed E-state index contributed by atoms with van der Waals surface area (Å²) in [5, 5.41) is 21.5. The van der Waals surface area contributed by atoms with Crippen molar-refractivity contribution in [1.82, 2.24) is 9.55 Å². The van der Waals surface area contributed by atoms with Crippen molar-refractivity contribution < 1.29 is 46.9 Å². The minimum Gasteiger partial charge on any atom is -0.463 e. The van der Waals surface area contributed by atoms with Gasteiger partial charge in [-0.2, -0.15) is 0 Å². The molecule has 1 aliphatic rings. The second kappa shape index (κ2) is 12.4. The number of ether oxygens (including phenoxy) is 2. The smallest absolute Gasteiger partial charge is 0.380 e. The molecule has 1 aromatic heterocycles. The predicted octanol–water partition coefficient (Wildman–Crippen LogP) is 4.41. The van der Waals surface area contributed by atoms with Crippen LogP contribution >= 0.6 is 32.0 Å². The van der Waals surface area contributed by atoms with E-state index in [1.807, 2.05) is 0 Å². The molecule has 1 fully saturated rings. The quantitative estimate of drug-likeness (QED) is 0.195. The average Bonchev–Trinajstić information content (AvgIpc) is 3.09. The van der Waals surface area contributed by atoms with Gasteiger partial charge < -0.3 is 29.2 Å². The van der Waals surface area contributed by atoms with Crippen molar-refractivity contribution in [3.63, 3.8) is 0 Å². The summed E-state index contributed by atoms with van der Waals surface area (Å²) in [7, 11) is -4.16. The fourth-order valence-corrected chi connectivity index (χ4v) is 6.12. The first-order valence-corrected chi connectivity index (χ1v) is 14.2. The number of benzene rings is 1. The highest BCUT2D eigenvalue weighted by molar-refractivity contribution is 7.72. The number of H-pyrrole nitrogens is 1. The first-order chi connectivity index (χ1) is 17.8. The summed E-state index contributed by atoms with van der Waals surface area (Å²) in [6, 6.07) is 9.33. The molecule has 3 N–H and O–H groups in total. The van der Waals surface area contributed by atoms with Gasteiger partial charge in [-0.25, -0.2) is 13.3 Å². The van der Waals surface area contributed by atoms with E-state index in [4.69, 9.17) is 43.0 Å². The van der Waals surface area contributed by atoms with Crippen LogP contribution in [0.5, 0.6) is 5.75 Å². The van der Waals surface area contributed by atoms with Crippen LogP contribution in [0.15, 0.2) is 42.6 Å². The molecule has 3 rings (SSSR count).